The Labute approximate surface area is 181 Å². The summed E-state index contributed by atoms with van der Waals surface area (Å²) in [6, 6.07) is 9.77. The molecule has 0 spiro atoms. The Morgan fingerprint density at radius 3 is 2.71 bits per heavy atom. The molecule has 2 aromatic heterocycles. The Morgan fingerprint density at radius 1 is 1.19 bits per heavy atom. The van der Waals surface area contributed by atoms with Gasteiger partial charge in [-0.15, -0.1) is 0 Å². The Hall–Kier alpha value is -3.29. The minimum Gasteiger partial charge on any atom is -0.506 e. The molecular weight excluding hydrogens is 394 g/mol. The van der Waals surface area contributed by atoms with E-state index < -0.39 is 0 Å². The summed E-state index contributed by atoms with van der Waals surface area (Å²) in [4.78, 5) is 23.1. The zero-order chi connectivity index (χ0) is 22.0. The summed E-state index contributed by atoms with van der Waals surface area (Å²) in [7, 11) is 0. The van der Waals surface area contributed by atoms with E-state index in [9.17, 15) is 9.90 Å². The van der Waals surface area contributed by atoms with Crippen LogP contribution in [0.15, 0.2) is 30.3 Å². The average Bonchev–Trinajstić information content (AvgIpc) is 3.10. The van der Waals surface area contributed by atoms with Gasteiger partial charge in [-0.3, -0.25) is 4.98 Å². The molecule has 1 aliphatic heterocycles. The molecule has 0 aliphatic carbocycles. The van der Waals surface area contributed by atoms with Crippen molar-refractivity contribution in [2.45, 2.75) is 46.2 Å². The predicted molar refractivity (Wildman–Crippen MR) is 119 cm³/mol. The van der Waals surface area contributed by atoms with Crippen LogP contribution >= 0.6 is 0 Å². The van der Waals surface area contributed by atoms with E-state index >= 15 is 0 Å². The van der Waals surface area contributed by atoms with E-state index in [1.54, 1.807) is 17.0 Å². The van der Waals surface area contributed by atoms with Crippen molar-refractivity contribution < 1.29 is 14.6 Å². The zero-order valence-electron chi connectivity index (χ0n) is 18.3. The molecule has 0 atom stereocenters. The van der Waals surface area contributed by atoms with E-state index in [4.69, 9.17) is 9.72 Å². The molecule has 1 saturated heterocycles. The van der Waals surface area contributed by atoms with E-state index in [0.29, 0.717) is 31.9 Å². The van der Waals surface area contributed by atoms with Crippen LogP contribution in [0.2, 0.25) is 0 Å². The molecule has 0 saturated carbocycles. The van der Waals surface area contributed by atoms with Gasteiger partial charge in [-0.1, -0.05) is 12.1 Å². The van der Waals surface area contributed by atoms with E-state index in [-0.39, 0.29) is 17.9 Å². The van der Waals surface area contributed by atoms with Crippen molar-refractivity contribution in [3.8, 4) is 5.75 Å². The lowest BCUT2D eigenvalue weighted by Gasteiger charge is -2.31. The molecule has 1 amide bonds. The monoisotopic (exact) mass is 423 g/mol. The number of aromatic nitrogens is 3. The summed E-state index contributed by atoms with van der Waals surface area (Å²) in [5.74, 6) is 0.926. The summed E-state index contributed by atoms with van der Waals surface area (Å²) < 4.78 is 7.18. The van der Waals surface area contributed by atoms with Crippen LogP contribution < -0.4 is 5.32 Å². The third kappa shape index (κ3) is 4.42. The molecule has 1 aliphatic rings. The van der Waals surface area contributed by atoms with Crippen molar-refractivity contribution in [2.75, 3.05) is 25.0 Å². The third-order valence-corrected chi connectivity index (χ3v) is 5.73. The van der Waals surface area contributed by atoms with E-state index in [1.807, 2.05) is 39.0 Å². The highest BCUT2D eigenvalue weighted by atomic mass is 16.6. The van der Waals surface area contributed by atoms with E-state index in [1.165, 1.54) is 0 Å². The first kappa shape index (κ1) is 21.0. The van der Waals surface area contributed by atoms with E-state index in [2.05, 4.69) is 14.9 Å². The van der Waals surface area contributed by atoms with Gasteiger partial charge in [0.1, 0.15) is 11.4 Å². The first-order valence-electron chi connectivity index (χ1n) is 10.8. The van der Waals surface area contributed by atoms with Crippen LogP contribution in [-0.2, 0) is 11.3 Å². The standard InChI is InChI=1S/C23H29N5O3/c1-4-31-23(30)27-12-10-17(11-13-27)25-22-26-21-15(2)6-5-7-19(21)28(22)14-18-20(29)9-8-16(3)24-18/h5-9,17,29H,4,10-14H2,1-3H3,(H,25,26). The number of ether oxygens (including phenoxy) is 1. The van der Waals surface area contributed by atoms with Crippen molar-refractivity contribution >= 4 is 23.1 Å². The lowest BCUT2D eigenvalue weighted by atomic mass is 10.1. The summed E-state index contributed by atoms with van der Waals surface area (Å²) in [5, 5.41) is 13.9. The molecule has 3 heterocycles. The first-order valence-corrected chi connectivity index (χ1v) is 10.8. The molecule has 0 bridgehead atoms. The van der Waals surface area contributed by atoms with Crippen LogP contribution in [0.5, 0.6) is 5.75 Å². The molecule has 3 aromatic rings. The van der Waals surface area contributed by atoms with Gasteiger partial charge in [0, 0.05) is 24.8 Å². The number of anilines is 1. The highest BCUT2D eigenvalue weighted by Gasteiger charge is 2.25. The van der Waals surface area contributed by atoms with Crippen LogP contribution in [0.4, 0.5) is 10.7 Å². The van der Waals surface area contributed by atoms with Gasteiger partial charge in [0.05, 0.1) is 24.2 Å². The molecule has 164 valence electrons. The van der Waals surface area contributed by atoms with Crippen molar-refractivity contribution in [2.24, 2.45) is 0 Å². The number of para-hydroxylation sites is 1. The van der Waals surface area contributed by atoms with Crippen molar-refractivity contribution in [3.05, 3.63) is 47.3 Å². The average molecular weight is 424 g/mol. The quantitative estimate of drug-likeness (QED) is 0.648. The van der Waals surface area contributed by atoms with Gasteiger partial charge in [-0.05, 0) is 57.4 Å². The summed E-state index contributed by atoms with van der Waals surface area (Å²) in [6.07, 6.45) is 1.38. The SMILES string of the molecule is CCOC(=O)N1CCC(Nc2nc3c(C)cccc3n2Cc2nc(C)ccc2O)CC1. The van der Waals surface area contributed by atoms with E-state index in [0.717, 1.165) is 41.1 Å². The second-order valence-corrected chi connectivity index (χ2v) is 7.99. The number of fused-ring (bicyclic) bond motifs is 1. The number of pyridine rings is 1. The number of nitrogens with one attached hydrogen (secondary N) is 1. The lowest BCUT2D eigenvalue weighted by molar-refractivity contribution is 0.0983. The van der Waals surface area contributed by atoms with Gasteiger partial charge in [0.2, 0.25) is 5.95 Å². The second-order valence-electron chi connectivity index (χ2n) is 7.99. The molecule has 4 rings (SSSR count). The third-order valence-electron chi connectivity index (χ3n) is 5.73. The van der Waals surface area contributed by atoms with Crippen molar-refractivity contribution in [1.82, 2.24) is 19.4 Å². The van der Waals surface area contributed by atoms with Crippen LogP contribution in [-0.4, -0.2) is 56.4 Å². The number of rotatable bonds is 5. The molecule has 31 heavy (non-hydrogen) atoms. The number of likely N-dealkylation sites (tertiary alicyclic amines) is 1. The second kappa shape index (κ2) is 8.83. The molecule has 0 unspecified atom stereocenters. The van der Waals surface area contributed by atoms with Gasteiger partial charge in [0.15, 0.2) is 0 Å². The molecule has 8 nitrogen and oxygen atoms in total. The first-order chi connectivity index (χ1) is 15.0. The number of hydrogen-bond acceptors (Lipinski definition) is 6. The van der Waals surface area contributed by atoms with Crippen LogP contribution in [0.3, 0.4) is 0 Å². The smallest absolute Gasteiger partial charge is 0.409 e. The number of aromatic hydroxyl groups is 1. The maximum absolute atomic E-state index is 12.0. The number of carbonyl (C=O) groups excluding carboxylic acids is 1. The Kier molecular flexibility index (Phi) is 5.97. The van der Waals surface area contributed by atoms with Gasteiger partial charge in [0.25, 0.3) is 0 Å². The lowest BCUT2D eigenvalue weighted by Crippen LogP contribution is -2.42. The van der Waals surface area contributed by atoms with Crippen molar-refractivity contribution in [1.29, 1.82) is 0 Å². The minimum atomic E-state index is -0.246. The van der Waals surface area contributed by atoms with Crippen LogP contribution in [0.25, 0.3) is 11.0 Å². The maximum atomic E-state index is 12.0. The van der Waals surface area contributed by atoms with Crippen LogP contribution in [0, 0.1) is 13.8 Å². The number of amides is 1. The maximum Gasteiger partial charge on any atom is 0.409 e. The van der Waals surface area contributed by atoms with Gasteiger partial charge < -0.3 is 24.6 Å². The Bertz CT molecular complexity index is 1090. The fraction of sp³-hybridized carbons (Fsp3) is 0.435. The van der Waals surface area contributed by atoms with Gasteiger partial charge in [-0.25, -0.2) is 9.78 Å². The summed E-state index contributed by atoms with van der Waals surface area (Å²) >= 11 is 0. The molecule has 1 aromatic carbocycles. The number of aryl methyl sites for hydroxylation is 2. The fourth-order valence-corrected chi connectivity index (χ4v) is 4.03. The topological polar surface area (TPSA) is 92.5 Å². The van der Waals surface area contributed by atoms with Gasteiger partial charge in [-0.2, -0.15) is 0 Å². The summed E-state index contributed by atoms with van der Waals surface area (Å²) in [6.45, 7) is 7.88. The molecule has 0 radical (unpaired) electrons. The molecule has 1 fully saturated rings. The number of hydrogen-bond donors (Lipinski definition) is 2. The minimum absolute atomic E-state index is 0.175. The number of piperidine rings is 1. The Balaban J connectivity index is 1.59. The fourth-order valence-electron chi connectivity index (χ4n) is 4.03. The normalized spacial score (nSPS) is 14.7. The van der Waals surface area contributed by atoms with Crippen LogP contribution in [0.1, 0.15) is 36.7 Å². The Morgan fingerprint density at radius 2 is 1.97 bits per heavy atom. The molecule has 8 heteroatoms. The molecule has 2 N–H and O–H groups in total. The highest BCUT2D eigenvalue weighted by molar-refractivity contribution is 5.82. The summed E-state index contributed by atoms with van der Waals surface area (Å²) in [5.41, 5.74) is 4.49. The van der Waals surface area contributed by atoms with Gasteiger partial charge >= 0.3 is 6.09 Å². The highest BCUT2D eigenvalue weighted by Crippen LogP contribution is 2.27. The number of imidazole rings is 1. The largest absolute Gasteiger partial charge is 0.506 e. The van der Waals surface area contributed by atoms with Crippen molar-refractivity contribution in [3.63, 3.8) is 0 Å². The number of nitrogens with zero attached hydrogens (tertiary/aromatic N) is 4. The molecular formula is C23H29N5O3. The number of benzene rings is 1. The zero-order valence-corrected chi connectivity index (χ0v) is 18.3. The number of carbonyl (C=O) groups is 1. The predicted octanol–water partition coefficient (Wildman–Crippen LogP) is 3.83.